The van der Waals surface area contributed by atoms with Crippen LogP contribution in [0.15, 0.2) is 12.2 Å². The molecule has 0 amide bonds. The van der Waals surface area contributed by atoms with Crippen molar-refractivity contribution in [3.63, 3.8) is 0 Å². The third-order valence-electron chi connectivity index (χ3n) is 5.49. The molecule has 3 heteroatoms. The van der Waals surface area contributed by atoms with Crippen LogP contribution in [-0.2, 0) is 4.79 Å². The highest BCUT2D eigenvalue weighted by atomic mass is 16.3. The fourth-order valence-electron chi connectivity index (χ4n) is 4.11. The van der Waals surface area contributed by atoms with Gasteiger partial charge in [-0.15, -0.1) is 0 Å². The van der Waals surface area contributed by atoms with Crippen molar-refractivity contribution in [1.29, 1.82) is 0 Å². The number of carbonyl (C=O) groups is 1. The molecular formula is C15H24O3. The minimum Gasteiger partial charge on any atom is -0.390 e. The van der Waals surface area contributed by atoms with Crippen molar-refractivity contribution < 1.29 is 15.0 Å². The molecule has 0 radical (unpaired) electrons. The number of rotatable bonds is 2. The van der Waals surface area contributed by atoms with Gasteiger partial charge in [0.15, 0.2) is 0 Å². The summed E-state index contributed by atoms with van der Waals surface area (Å²) in [6.07, 6.45) is 2.86. The summed E-state index contributed by atoms with van der Waals surface area (Å²) in [4.78, 5) is 11.4. The summed E-state index contributed by atoms with van der Waals surface area (Å²) in [6, 6.07) is 0. The summed E-state index contributed by atoms with van der Waals surface area (Å²) in [6.45, 7) is 8.04. The Kier molecular flexibility index (Phi) is 3.65. The van der Waals surface area contributed by atoms with Gasteiger partial charge in [-0.3, -0.25) is 0 Å². The lowest BCUT2D eigenvalue weighted by atomic mass is 9.58. The molecule has 2 fully saturated rings. The first-order chi connectivity index (χ1) is 8.42. The summed E-state index contributed by atoms with van der Waals surface area (Å²) < 4.78 is 0. The third-order valence-corrected chi connectivity index (χ3v) is 5.49. The second-order valence-corrected chi connectivity index (χ2v) is 6.34. The number of allylic oxidation sites excluding steroid dienone is 1. The first-order valence-corrected chi connectivity index (χ1v) is 6.89. The number of carbonyl (C=O) groups excluding carboxylic acids is 1. The summed E-state index contributed by atoms with van der Waals surface area (Å²) in [5.41, 5.74) is 1.04. The first-order valence-electron chi connectivity index (χ1n) is 6.89. The van der Waals surface area contributed by atoms with Crippen molar-refractivity contribution in [2.75, 3.05) is 0 Å². The van der Waals surface area contributed by atoms with E-state index in [0.717, 1.165) is 25.5 Å². The summed E-state index contributed by atoms with van der Waals surface area (Å²) in [5, 5.41) is 20.0. The molecule has 18 heavy (non-hydrogen) atoms. The summed E-state index contributed by atoms with van der Waals surface area (Å²) >= 11 is 0. The van der Waals surface area contributed by atoms with Gasteiger partial charge < -0.3 is 15.0 Å². The predicted octanol–water partition coefficient (Wildman–Crippen LogP) is 1.93. The second-order valence-electron chi connectivity index (χ2n) is 6.34. The maximum Gasteiger partial charge on any atom is 0.123 e. The van der Waals surface area contributed by atoms with Gasteiger partial charge >= 0.3 is 0 Å². The minimum atomic E-state index is -0.760. The number of aliphatic hydroxyl groups is 2. The van der Waals surface area contributed by atoms with Crippen LogP contribution in [0.2, 0.25) is 0 Å². The van der Waals surface area contributed by atoms with E-state index in [4.69, 9.17) is 0 Å². The number of aldehydes is 1. The minimum absolute atomic E-state index is 0.0270. The smallest absolute Gasteiger partial charge is 0.123 e. The Labute approximate surface area is 109 Å². The molecule has 2 aliphatic rings. The zero-order chi connectivity index (χ0) is 13.5. The molecule has 0 unspecified atom stereocenters. The Morgan fingerprint density at radius 3 is 2.61 bits per heavy atom. The molecule has 0 aromatic heterocycles. The molecule has 6 atom stereocenters. The van der Waals surface area contributed by atoms with Crippen molar-refractivity contribution >= 4 is 6.29 Å². The van der Waals surface area contributed by atoms with Gasteiger partial charge in [0.25, 0.3) is 0 Å². The monoisotopic (exact) mass is 252 g/mol. The van der Waals surface area contributed by atoms with E-state index in [1.54, 1.807) is 0 Å². The van der Waals surface area contributed by atoms with Gasteiger partial charge in [-0.2, -0.15) is 0 Å². The fourth-order valence-corrected chi connectivity index (χ4v) is 4.11. The van der Waals surface area contributed by atoms with Crippen LogP contribution < -0.4 is 0 Å². The molecule has 2 rings (SSSR count). The Morgan fingerprint density at radius 1 is 1.44 bits per heavy atom. The topological polar surface area (TPSA) is 57.5 Å². The van der Waals surface area contributed by atoms with Gasteiger partial charge in [0, 0.05) is 5.92 Å². The average Bonchev–Trinajstić information content (AvgIpc) is 2.78. The van der Waals surface area contributed by atoms with Crippen molar-refractivity contribution in [2.24, 2.45) is 23.2 Å². The molecular weight excluding hydrogens is 228 g/mol. The van der Waals surface area contributed by atoms with E-state index in [-0.39, 0.29) is 17.3 Å². The van der Waals surface area contributed by atoms with E-state index in [1.807, 2.05) is 13.8 Å². The van der Waals surface area contributed by atoms with Gasteiger partial charge in [0.1, 0.15) is 6.29 Å². The zero-order valence-electron chi connectivity index (χ0n) is 11.3. The number of aliphatic hydroxyl groups excluding tert-OH is 2. The van der Waals surface area contributed by atoms with Crippen molar-refractivity contribution in [3.05, 3.63) is 12.2 Å². The van der Waals surface area contributed by atoms with E-state index in [2.05, 4.69) is 6.58 Å². The van der Waals surface area contributed by atoms with E-state index in [0.29, 0.717) is 12.3 Å². The normalized spacial score (nSPS) is 48.3. The number of hydrogen-bond acceptors (Lipinski definition) is 3. The predicted molar refractivity (Wildman–Crippen MR) is 69.9 cm³/mol. The van der Waals surface area contributed by atoms with Gasteiger partial charge in [-0.05, 0) is 49.9 Å². The molecule has 0 bridgehead atoms. The molecule has 0 aromatic rings. The number of hydrogen-bond donors (Lipinski definition) is 2. The lowest BCUT2D eigenvalue weighted by Gasteiger charge is -2.48. The Hall–Kier alpha value is -0.670. The molecule has 102 valence electrons. The van der Waals surface area contributed by atoms with E-state index >= 15 is 0 Å². The van der Waals surface area contributed by atoms with Crippen LogP contribution in [0.4, 0.5) is 0 Å². The molecule has 0 saturated heterocycles. The molecule has 0 heterocycles. The van der Waals surface area contributed by atoms with Gasteiger partial charge in [0.2, 0.25) is 0 Å². The molecule has 3 nitrogen and oxygen atoms in total. The summed E-state index contributed by atoms with van der Waals surface area (Å²) in [7, 11) is 0. The zero-order valence-corrected chi connectivity index (χ0v) is 11.3. The van der Waals surface area contributed by atoms with Gasteiger partial charge in [-0.1, -0.05) is 19.1 Å². The molecule has 0 aromatic carbocycles. The third kappa shape index (κ3) is 1.94. The van der Waals surface area contributed by atoms with Crippen LogP contribution in [-0.4, -0.2) is 28.7 Å². The highest BCUT2D eigenvalue weighted by Gasteiger charge is 2.55. The average molecular weight is 252 g/mol. The molecule has 2 aliphatic carbocycles. The SMILES string of the molecule is C=C(C)[C@@H]1CC[C@]2(C1)[C@H](C)[C@@H](O)[C@H](O)C[C@@H]2C=O. The molecule has 1 spiro atoms. The quantitative estimate of drug-likeness (QED) is 0.583. The standard InChI is InChI=1S/C15H24O3/c1-9(2)11-4-5-15(7-11)10(3)14(18)13(17)6-12(15)8-16/h8,10-14,17-18H,1,4-7H2,2-3H3/t10-,11-,12-,13-,14-,15+/m1/s1. The van der Waals surface area contributed by atoms with Crippen LogP contribution in [0.5, 0.6) is 0 Å². The van der Waals surface area contributed by atoms with Crippen LogP contribution in [0.25, 0.3) is 0 Å². The fraction of sp³-hybridized carbons (Fsp3) is 0.800. The Bertz CT molecular complexity index is 352. The first kappa shape index (κ1) is 13.8. The maximum atomic E-state index is 11.4. The maximum absolute atomic E-state index is 11.4. The van der Waals surface area contributed by atoms with Crippen molar-refractivity contribution in [3.8, 4) is 0 Å². The lowest BCUT2D eigenvalue weighted by Crippen LogP contribution is -2.52. The molecule has 2 saturated carbocycles. The molecule has 0 aliphatic heterocycles. The molecule has 2 N–H and O–H groups in total. The van der Waals surface area contributed by atoms with Crippen molar-refractivity contribution in [2.45, 2.75) is 51.7 Å². The van der Waals surface area contributed by atoms with Gasteiger partial charge in [0.05, 0.1) is 12.2 Å². The highest BCUT2D eigenvalue weighted by Crippen LogP contribution is 2.57. The largest absolute Gasteiger partial charge is 0.390 e. The Morgan fingerprint density at radius 2 is 2.11 bits per heavy atom. The van der Waals surface area contributed by atoms with Crippen LogP contribution in [0.3, 0.4) is 0 Å². The van der Waals surface area contributed by atoms with Crippen molar-refractivity contribution in [1.82, 2.24) is 0 Å². The van der Waals surface area contributed by atoms with E-state index in [9.17, 15) is 15.0 Å². The van der Waals surface area contributed by atoms with E-state index in [1.165, 1.54) is 5.57 Å². The lowest BCUT2D eigenvalue weighted by molar-refractivity contribution is -0.142. The second kappa shape index (κ2) is 4.78. The summed E-state index contributed by atoms with van der Waals surface area (Å²) in [5.74, 6) is 0.299. The van der Waals surface area contributed by atoms with E-state index < -0.39 is 12.2 Å². The Balaban J connectivity index is 2.28. The highest BCUT2D eigenvalue weighted by molar-refractivity contribution is 5.56. The van der Waals surface area contributed by atoms with Crippen LogP contribution in [0, 0.1) is 23.2 Å². The van der Waals surface area contributed by atoms with Crippen LogP contribution in [0.1, 0.15) is 39.5 Å². The van der Waals surface area contributed by atoms with Crippen LogP contribution >= 0.6 is 0 Å². The van der Waals surface area contributed by atoms with Gasteiger partial charge in [-0.25, -0.2) is 0 Å².